The predicted octanol–water partition coefficient (Wildman–Crippen LogP) is -0.0950. The van der Waals surface area contributed by atoms with Crippen molar-refractivity contribution in [2.75, 3.05) is 0 Å². The third-order valence-electron chi connectivity index (χ3n) is 1.61. The van der Waals surface area contributed by atoms with Crippen molar-refractivity contribution in [2.24, 2.45) is 0 Å². The van der Waals surface area contributed by atoms with Gasteiger partial charge in [0.25, 0.3) is 0 Å². The van der Waals surface area contributed by atoms with E-state index in [0.29, 0.717) is 5.69 Å². The van der Waals surface area contributed by atoms with Crippen molar-refractivity contribution in [3.8, 4) is 0 Å². The van der Waals surface area contributed by atoms with Crippen molar-refractivity contribution in [2.45, 2.75) is 11.5 Å². The van der Waals surface area contributed by atoms with Crippen LogP contribution in [0.2, 0.25) is 0 Å². The quantitative estimate of drug-likeness (QED) is 0.545. The van der Waals surface area contributed by atoms with Gasteiger partial charge in [0.05, 0.1) is 17.2 Å². The molecule has 11 heavy (non-hydrogen) atoms. The second kappa shape index (κ2) is 2.01. The largest absolute Gasteiger partial charge is 0.244 e. The Labute approximate surface area is 64.2 Å². The van der Waals surface area contributed by atoms with Crippen LogP contribution in [0.1, 0.15) is 11.3 Å². The number of nitrogens with zero attached hydrogens (tertiary/aromatic N) is 2. The van der Waals surface area contributed by atoms with E-state index in [0.717, 1.165) is 5.56 Å². The molecule has 0 spiro atoms. The molecule has 0 aromatic carbocycles. The Balaban J connectivity index is 2.57. The van der Waals surface area contributed by atoms with Gasteiger partial charge >= 0.3 is 0 Å². The highest BCUT2D eigenvalue weighted by Crippen LogP contribution is 2.20. The minimum absolute atomic E-state index is 0.0743. The van der Waals surface area contributed by atoms with E-state index in [1.165, 1.54) is 6.33 Å². The summed E-state index contributed by atoms with van der Waals surface area (Å²) in [4.78, 5) is 7.61. The molecular weight excluding hydrogens is 164 g/mol. The van der Waals surface area contributed by atoms with E-state index in [2.05, 4.69) is 9.97 Å². The Kier molecular flexibility index (Phi) is 1.23. The van der Waals surface area contributed by atoms with E-state index < -0.39 is 9.84 Å². The Morgan fingerprint density at radius 2 is 2.18 bits per heavy atom. The highest BCUT2D eigenvalue weighted by atomic mass is 32.2. The monoisotopic (exact) mass is 170 g/mol. The summed E-state index contributed by atoms with van der Waals surface area (Å²) in [6, 6.07) is 0. The molecule has 2 rings (SSSR count). The van der Waals surface area contributed by atoms with Crippen LogP contribution < -0.4 is 0 Å². The number of sulfone groups is 1. The molecule has 5 heteroatoms. The summed E-state index contributed by atoms with van der Waals surface area (Å²) in [5.41, 5.74) is 1.40. The topological polar surface area (TPSA) is 59.9 Å². The van der Waals surface area contributed by atoms with E-state index in [1.54, 1.807) is 6.20 Å². The molecule has 0 bridgehead atoms. The lowest BCUT2D eigenvalue weighted by atomic mass is 10.3. The summed E-state index contributed by atoms with van der Waals surface area (Å²) >= 11 is 0. The summed E-state index contributed by atoms with van der Waals surface area (Å²) < 4.78 is 22.0. The van der Waals surface area contributed by atoms with Crippen LogP contribution >= 0.6 is 0 Å². The van der Waals surface area contributed by atoms with Gasteiger partial charge in [-0.1, -0.05) is 0 Å². The van der Waals surface area contributed by atoms with Gasteiger partial charge in [-0.15, -0.1) is 0 Å². The van der Waals surface area contributed by atoms with Crippen LogP contribution in [-0.2, 0) is 21.3 Å². The van der Waals surface area contributed by atoms with Gasteiger partial charge in [-0.25, -0.2) is 18.4 Å². The van der Waals surface area contributed by atoms with Crippen molar-refractivity contribution in [3.63, 3.8) is 0 Å². The SMILES string of the molecule is O=S1(=O)Cc2cncnc2C1. The summed E-state index contributed by atoms with van der Waals surface area (Å²) in [6.45, 7) is 0. The zero-order valence-electron chi connectivity index (χ0n) is 5.69. The van der Waals surface area contributed by atoms with Gasteiger partial charge in [-0.2, -0.15) is 0 Å². The maximum atomic E-state index is 11.0. The highest BCUT2D eigenvalue weighted by Gasteiger charge is 2.25. The van der Waals surface area contributed by atoms with Crippen LogP contribution in [0.4, 0.5) is 0 Å². The molecule has 0 unspecified atom stereocenters. The fraction of sp³-hybridized carbons (Fsp3) is 0.333. The molecular formula is C6H6N2O2S. The van der Waals surface area contributed by atoms with Crippen LogP contribution in [-0.4, -0.2) is 18.4 Å². The first-order chi connectivity index (χ1) is 5.17. The number of fused-ring (bicyclic) bond motifs is 1. The molecule has 0 N–H and O–H groups in total. The second-order valence-electron chi connectivity index (χ2n) is 2.53. The van der Waals surface area contributed by atoms with Gasteiger partial charge in [-0.3, -0.25) is 0 Å². The summed E-state index contributed by atoms with van der Waals surface area (Å²) in [7, 11) is -2.91. The molecule has 0 amide bonds. The maximum Gasteiger partial charge on any atom is 0.160 e. The van der Waals surface area contributed by atoms with Crippen molar-refractivity contribution < 1.29 is 8.42 Å². The number of aromatic nitrogens is 2. The molecule has 4 nitrogen and oxygen atoms in total. The van der Waals surface area contributed by atoms with E-state index in [1.807, 2.05) is 0 Å². The molecule has 0 saturated heterocycles. The molecule has 2 heterocycles. The Morgan fingerprint density at radius 1 is 1.36 bits per heavy atom. The highest BCUT2D eigenvalue weighted by molar-refractivity contribution is 7.90. The lowest BCUT2D eigenvalue weighted by molar-refractivity contribution is 0.597. The molecule has 58 valence electrons. The Morgan fingerprint density at radius 3 is 2.91 bits per heavy atom. The number of hydrogen-bond donors (Lipinski definition) is 0. The van der Waals surface area contributed by atoms with Crippen LogP contribution in [0.5, 0.6) is 0 Å². The zero-order valence-corrected chi connectivity index (χ0v) is 6.50. The van der Waals surface area contributed by atoms with Gasteiger partial charge < -0.3 is 0 Å². The zero-order chi connectivity index (χ0) is 7.90. The second-order valence-corrected chi connectivity index (χ2v) is 4.59. The first kappa shape index (κ1) is 6.72. The van der Waals surface area contributed by atoms with Gasteiger partial charge in [0.15, 0.2) is 9.84 Å². The third kappa shape index (κ3) is 1.11. The summed E-state index contributed by atoms with van der Waals surface area (Å²) in [6.07, 6.45) is 2.94. The van der Waals surface area contributed by atoms with E-state index >= 15 is 0 Å². The van der Waals surface area contributed by atoms with Gasteiger partial charge in [0.1, 0.15) is 6.33 Å². The smallest absolute Gasteiger partial charge is 0.160 e. The molecule has 1 aromatic heterocycles. The molecule has 1 aliphatic rings. The van der Waals surface area contributed by atoms with Crippen LogP contribution in [0.25, 0.3) is 0 Å². The van der Waals surface area contributed by atoms with E-state index in [9.17, 15) is 8.42 Å². The van der Waals surface area contributed by atoms with E-state index in [4.69, 9.17) is 0 Å². The molecule has 0 radical (unpaired) electrons. The molecule has 1 aliphatic heterocycles. The number of hydrogen-bond acceptors (Lipinski definition) is 4. The Bertz CT molecular complexity index is 354. The Hall–Kier alpha value is -0.970. The van der Waals surface area contributed by atoms with Gasteiger partial charge in [-0.05, 0) is 0 Å². The molecule has 0 atom stereocenters. The van der Waals surface area contributed by atoms with Crippen molar-refractivity contribution in [3.05, 3.63) is 23.8 Å². The fourth-order valence-corrected chi connectivity index (χ4v) is 2.62. The van der Waals surface area contributed by atoms with Crippen LogP contribution in [0.3, 0.4) is 0 Å². The van der Waals surface area contributed by atoms with Crippen LogP contribution in [0, 0.1) is 0 Å². The lowest BCUT2D eigenvalue weighted by Crippen LogP contribution is -1.95. The average Bonchev–Trinajstić information content (AvgIpc) is 2.21. The maximum absolute atomic E-state index is 11.0. The number of rotatable bonds is 0. The van der Waals surface area contributed by atoms with Gasteiger partial charge in [0.2, 0.25) is 0 Å². The minimum atomic E-state index is -2.91. The van der Waals surface area contributed by atoms with Crippen molar-refractivity contribution >= 4 is 9.84 Å². The normalized spacial score (nSPS) is 19.6. The summed E-state index contributed by atoms with van der Waals surface area (Å²) in [5.74, 6) is 0.175. The molecule has 0 fully saturated rings. The molecule has 1 aromatic rings. The van der Waals surface area contributed by atoms with Crippen molar-refractivity contribution in [1.29, 1.82) is 0 Å². The van der Waals surface area contributed by atoms with Crippen molar-refractivity contribution in [1.82, 2.24) is 9.97 Å². The van der Waals surface area contributed by atoms with Gasteiger partial charge in [0, 0.05) is 11.8 Å². The van der Waals surface area contributed by atoms with E-state index in [-0.39, 0.29) is 11.5 Å². The first-order valence-electron chi connectivity index (χ1n) is 3.15. The standard InChI is InChI=1S/C6H6N2O2S/c9-11(10)2-5-1-7-4-8-6(5)3-11/h1,4H,2-3H2. The minimum Gasteiger partial charge on any atom is -0.244 e. The first-order valence-corrected chi connectivity index (χ1v) is 4.98. The molecule has 0 saturated carbocycles. The lowest BCUT2D eigenvalue weighted by Gasteiger charge is -1.89. The predicted molar refractivity (Wildman–Crippen MR) is 38.4 cm³/mol. The third-order valence-corrected chi connectivity index (χ3v) is 3.08. The van der Waals surface area contributed by atoms with Crippen LogP contribution in [0.15, 0.2) is 12.5 Å². The molecule has 0 aliphatic carbocycles. The average molecular weight is 170 g/mol. The summed E-state index contributed by atoms with van der Waals surface area (Å²) in [5, 5.41) is 0. The fourth-order valence-electron chi connectivity index (χ4n) is 1.13.